The van der Waals surface area contributed by atoms with Gasteiger partial charge in [0, 0.05) is 11.5 Å². The Bertz CT molecular complexity index is 639. The molecule has 0 amide bonds. The number of halogens is 1. The van der Waals surface area contributed by atoms with Crippen molar-refractivity contribution in [2.45, 2.75) is 6.92 Å². The molecule has 0 aliphatic carbocycles. The van der Waals surface area contributed by atoms with E-state index in [0.717, 1.165) is 10.2 Å². The second-order valence-corrected chi connectivity index (χ2v) is 4.81. The monoisotopic (exact) mass is 305 g/mol. The fraction of sp³-hybridized carbons (Fsp3) is 0.167. The van der Waals surface area contributed by atoms with Crippen LogP contribution in [0.4, 0.5) is 17.2 Å². The summed E-state index contributed by atoms with van der Waals surface area (Å²) >= 11 is 3.38. The van der Waals surface area contributed by atoms with Gasteiger partial charge in [-0.15, -0.1) is 0 Å². The highest BCUT2D eigenvalue weighted by Crippen LogP contribution is 2.28. The molecule has 92 valence electrons. The van der Waals surface area contributed by atoms with Crippen LogP contribution in [0.5, 0.6) is 0 Å². The molecule has 0 saturated heterocycles. The summed E-state index contributed by atoms with van der Waals surface area (Å²) in [6, 6.07) is 7.53. The normalized spacial score (nSPS) is 10.1. The van der Waals surface area contributed by atoms with Crippen molar-refractivity contribution in [2.75, 3.05) is 11.1 Å². The highest BCUT2D eigenvalue weighted by molar-refractivity contribution is 9.10. The van der Waals surface area contributed by atoms with Crippen molar-refractivity contribution in [3.63, 3.8) is 0 Å². The first kappa shape index (κ1) is 12.5. The van der Waals surface area contributed by atoms with Gasteiger partial charge in [0.05, 0.1) is 22.6 Å². The molecule has 0 aliphatic rings. The zero-order chi connectivity index (χ0) is 13.3. The van der Waals surface area contributed by atoms with Gasteiger partial charge in [0.2, 0.25) is 0 Å². The highest BCUT2D eigenvalue weighted by Gasteiger charge is 2.12. The van der Waals surface area contributed by atoms with Gasteiger partial charge < -0.3 is 11.1 Å². The first-order valence-corrected chi connectivity index (χ1v) is 6.08. The number of nitrogens with two attached hydrogens (primary N) is 1. The van der Waals surface area contributed by atoms with E-state index in [0.29, 0.717) is 22.8 Å². The Morgan fingerprint density at radius 2 is 2.22 bits per heavy atom. The number of hydrogen-bond acceptors (Lipinski definition) is 4. The van der Waals surface area contributed by atoms with E-state index in [-0.39, 0.29) is 0 Å². The molecule has 0 radical (unpaired) electrons. The van der Waals surface area contributed by atoms with Gasteiger partial charge in [0.15, 0.2) is 5.82 Å². The highest BCUT2D eigenvalue weighted by atomic mass is 79.9. The average Bonchev–Trinajstić information content (AvgIpc) is 2.56. The van der Waals surface area contributed by atoms with Gasteiger partial charge in [-0.2, -0.15) is 10.4 Å². The van der Waals surface area contributed by atoms with E-state index in [9.17, 15) is 0 Å². The Morgan fingerprint density at radius 1 is 1.50 bits per heavy atom. The van der Waals surface area contributed by atoms with Gasteiger partial charge in [0.25, 0.3) is 0 Å². The largest absolute Gasteiger partial charge is 0.394 e. The molecule has 3 N–H and O–H groups in total. The molecule has 0 fully saturated rings. The first-order chi connectivity index (χ1) is 8.52. The van der Waals surface area contributed by atoms with E-state index in [1.807, 2.05) is 19.1 Å². The van der Waals surface area contributed by atoms with Gasteiger partial charge in [-0.05, 0) is 25.1 Å². The minimum absolute atomic E-state index is 0.552. The summed E-state index contributed by atoms with van der Waals surface area (Å²) in [4.78, 5) is 0. The standard InChI is InChI=1S/C12H12BrN5/c1-7-11(15)12(18(2)17-7)16-10-5-9(13)4-3-8(10)6-14/h3-5,16H,15H2,1-2H3. The summed E-state index contributed by atoms with van der Waals surface area (Å²) in [6.07, 6.45) is 0. The Labute approximate surface area is 113 Å². The number of nitrogens with one attached hydrogen (secondary N) is 1. The number of nitriles is 1. The number of rotatable bonds is 2. The predicted octanol–water partition coefficient (Wildman–Crippen LogP) is 2.69. The zero-order valence-electron chi connectivity index (χ0n) is 10.0. The maximum absolute atomic E-state index is 9.07. The molecule has 0 bridgehead atoms. The number of benzene rings is 1. The van der Waals surface area contributed by atoms with Crippen molar-refractivity contribution in [3.8, 4) is 6.07 Å². The van der Waals surface area contributed by atoms with Gasteiger partial charge in [0.1, 0.15) is 6.07 Å². The fourth-order valence-corrected chi connectivity index (χ4v) is 2.03. The summed E-state index contributed by atoms with van der Waals surface area (Å²) < 4.78 is 2.55. The zero-order valence-corrected chi connectivity index (χ0v) is 11.6. The smallest absolute Gasteiger partial charge is 0.152 e. The molecule has 0 spiro atoms. The van der Waals surface area contributed by atoms with E-state index in [4.69, 9.17) is 11.0 Å². The third-order valence-corrected chi connectivity index (χ3v) is 3.12. The maximum Gasteiger partial charge on any atom is 0.152 e. The lowest BCUT2D eigenvalue weighted by Crippen LogP contribution is -2.02. The van der Waals surface area contributed by atoms with Crippen LogP contribution < -0.4 is 11.1 Å². The van der Waals surface area contributed by atoms with E-state index in [1.165, 1.54) is 0 Å². The van der Waals surface area contributed by atoms with Crippen LogP contribution in [0.2, 0.25) is 0 Å². The second-order valence-electron chi connectivity index (χ2n) is 3.90. The van der Waals surface area contributed by atoms with Crippen LogP contribution in [0.15, 0.2) is 22.7 Å². The van der Waals surface area contributed by atoms with Crippen molar-refractivity contribution in [2.24, 2.45) is 7.05 Å². The summed E-state index contributed by atoms with van der Waals surface area (Å²) in [7, 11) is 1.80. The molecule has 1 aromatic carbocycles. The van der Waals surface area contributed by atoms with Gasteiger partial charge in [-0.25, -0.2) is 0 Å². The van der Waals surface area contributed by atoms with Crippen molar-refractivity contribution in [3.05, 3.63) is 33.9 Å². The summed E-state index contributed by atoms with van der Waals surface area (Å²) in [5, 5.41) is 16.4. The molecule has 0 aliphatic heterocycles. The first-order valence-electron chi connectivity index (χ1n) is 5.28. The van der Waals surface area contributed by atoms with Gasteiger partial charge in [-0.1, -0.05) is 15.9 Å². The summed E-state index contributed by atoms with van der Waals surface area (Å²) in [5.74, 6) is 0.683. The van der Waals surface area contributed by atoms with Gasteiger partial charge >= 0.3 is 0 Å². The Kier molecular flexibility index (Phi) is 3.26. The Balaban J connectivity index is 2.46. The van der Waals surface area contributed by atoms with Crippen molar-refractivity contribution < 1.29 is 0 Å². The molecule has 0 unspecified atom stereocenters. The predicted molar refractivity (Wildman–Crippen MR) is 74.5 cm³/mol. The van der Waals surface area contributed by atoms with E-state index >= 15 is 0 Å². The topological polar surface area (TPSA) is 79.7 Å². The lowest BCUT2D eigenvalue weighted by atomic mass is 10.2. The van der Waals surface area contributed by atoms with Crippen LogP contribution in [0.1, 0.15) is 11.3 Å². The minimum atomic E-state index is 0.552. The number of aryl methyl sites for hydroxylation is 2. The maximum atomic E-state index is 9.07. The van der Waals surface area contributed by atoms with Crippen LogP contribution in [0, 0.1) is 18.3 Å². The van der Waals surface area contributed by atoms with E-state index < -0.39 is 0 Å². The van der Waals surface area contributed by atoms with Crippen LogP contribution in [-0.4, -0.2) is 9.78 Å². The third kappa shape index (κ3) is 2.17. The molecule has 0 atom stereocenters. The number of aromatic nitrogens is 2. The lowest BCUT2D eigenvalue weighted by molar-refractivity contribution is 0.765. The van der Waals surface area contributed by atoms with Crippen LogP contribution in [0.3, 0.4) is 0 Å². The van der Waals surface area contributed by atoms with Crippen LogP contribution in [-0.2, 0) is 7.05 Å². The number of anilines is 3. The van der Waals surface area contributed by atoms with E-state index in [1.54, 1.807) is 17.8 Å². The molecule has 6 heteroatoms. The molecule has 1 heterocycles. The van der Waals surface area contributed by atoms with Crippen molar-refractivity contribution in [1.82, 2.24) is 9.78 Å². The molecule has 1 aromatic heterocycles. The number of nitrogen functional groups attached to an aromatic ring is 1. The summed E-state index contributed by atoms with van der Waals surface area (Å²) in [6.45, 7) is 1.84. The number of hydrogen-bond donors (Lipinski definition) is 2. The fourth-order valence-electron chi connectivity index (χ4n) is 1.67. The van der Waals surface area contributed by atoms with Crippen LogP contribution in [0.25, 0.3) is 0 Å². The average molecular weight is 306 g/mol. The van der Waals surface area contributed by atoms with E-state index in [2.05, 4.69) is 32.4 Å². The van der Waals surface area contributed by atoms with Gasteiger partial charge in [-0.3, -0.25) is 4.68 Å². The molecule has 0 saturated carbocycles. The Hall–Kier alpha value is -2.00. The van der Waals surface area contributed by atoms with Crippen molar-refractivity contribution >= 4 is 33.1 Å². The quantitative estimate of drug-likeness (QED) is 0.894. The second kappa shape index (κ2) is 4.70. The molecular formula is C12H12BrN5. The molecule has 2 aromatic rings. The summed E-state index contributed by atoms with van der Waals surface area (Å²) in [5.41, 5.74) is 8.53. The molecule has 18 heavy (non-hydrogen) atoms. The Morgan fingerprint density at radius 3 is 2.78 bits per heavy atom. The molecule has 5 nitrogen and oxygen atoms in total. The molecule has 2 rings (SSSR count). The molecular weight excluding hydrogens is 294 g/mol. The number of nitrogens with zero attached hydrogens (tertiary/aromatic N) is 3. The lowest BCUT2D eigenvalue weighted by Gasteiger charge is -2.09. The minimum Gasteiger partial charge on any atom is -0.394 e. The van der Waals surface area contributed by atoms with Crippen molar-refractivity contribution in [1.29, 1.82) is 5.26 Å². The SMILES string of the molecule is Cc1nn(C)c(Nc2cc(Br)ccc2C#N)c1N. The third-order valence-electron chi connectivity index (χ3n) is 2.62. The van der Waals surface area contributed by atoms with Crippen LogP contribution >= 0.6 is 15.9 Å².